The van der Waals surface area contributed by atoms with Gasteiger partial charge in [0.2, 0.25) is 5.91 Å². The number of nitrogens with one attached hydrogen (secondary N) is 1. The fourth-order valence-electron chi connectivity index (χ4n) is 3.74. The van der Waals surface area contributed by atoms with Gasteiger partial charge in [-0.3, -0.25) is 14.7 Å². The zero-order valence-corrected chi connectivity index (χ0v) is 17.6. The molecule has 1 N–H and O–H groups in total. The highest BCUT2D eigenvalue weighted by molar-refractivity contribution is 6.03. The van der Waals surface area contributed by atoms with E-state index in [1.165, 1.54) is 5.56 Å². The monoisotopic (exact) mass is 402 g/mol. The second kappa shape index (κ2) is 8.14. The molecule has 3 amide bonds. The van der Waals surface area contributed by atoms with Crippen molar-refractivity contribution in [1.82, 2.24) is 9.88 Å². The third-order valence-electron chi connectivity index (χ3n) is 5.45. The number of pyridine rings is 1. The number of benzene rings is 2. The maximum absolute atomic E-state index is 12.8. The lowest BCUT2D eigenvalue weighted by Crippen LogP contribution is -2.37. The molecule has 1 aliphatic heterocycles. The molecule has 1 saturated heterocycles. The van der Waals surface area contributed by atoms with Gasteiger partial charge >= 0.3 is 6.03 Å². The number of hydrogen-bond donors (Lipinski definition) is 1. The Labute approximate surface area is 176 Å². The molecule has 30 heavy (non-hydrogen) atoms. The molecule has 2 heterocycles. The van der Waals surface area contributed by atoms with Crippen LogP contribution in [-0.4, -0.2) is 41.5 Å². The Morgan fingerprint density at radius 2 is 1.83 bits per heavy atom. The average molecular weight is 402 g/mol. The topological polar surface area (TPSA) is 65.5 Å². The van der Waals surface area contributed by atoms with Gasteiger partial charge in [-0.2, -0.15) is 0 Å². The largest absolute Gasteiger partial charge is 0.325 e. The summed E-state index contributed by atoms with van der Waals surface area (Å²) in [4.78, 5) is 33.3. The Morgan fingerprint density at radius 3 is 2.57 bits per heavy atom. The number of nitrogens with zero attached hydrogens (tertiary/aromatic N) is 3. The number of fused-ring (bicyclic) bond motifs is 1. The molecule has 6 nitrogen and oxygen atoms in total. The third kappa shape index (κ3) is 3.99. The number of carbonyl (C=O) groups excluding carboxylic acids is 2. The van der Waals surface area contributed by atoms with E-state index in [1.807, 2.05) is 49.4 Å². The van der Waals surface area contributed by atoms with Crippen LogP contribution in [0.4, 0.5) is 16.2 Å². The lowest BCUT2D eigenvalue weighted by molar-refractivity contribution is -0.116. The second-order valence-corrected chi connectivity index (χ2v) is 7.98. The van der Waals surface area contributed by atoms with Crippen LogP contribution < -0.4 is 10.2 Å². The predicted octanol–water partition coefficient (Wildman–Crippen LogP) is 4.55. The summed E-state index contributed by atoms with van der Waals surface area (Å²) in [6, 6.07) is 17.4. The maximum atomic E-state index is 12.8. The first kappa shape index (κ1) is 19.9. The van der Waals surface area contributed by atoms with E-state index >= 15 is 0 Å². The fraction of sp³-hybridized carbons (Fsp3) is 0.292. The van der Waals surface area contributed by atoms with E-state index in [4.69, 9.17) is 0 Å². The second-order valence-electron chi connectivity index (χ2n) is 7.98. The average Bonchev–Trinajstić information content (AvgIpc) is 3.08. The van der Waals surface area contributed by atoms with Crippen LogP contribution in [0.15, 0.2) is 54.6 Å². The summed E-state index contributed by atoms with van der Waals surface area (Å²) in [5.74, 6) is 0.232. The molecule has 0 bridgehead atoms. The minimum Gasteiger partial charge on any atom is -0.324 e. The van der Waals surface area contributed by atoms with Crippen molar-refractivity contribution in [3.63, 3.8) is 0 Å². The molecule has 4 rings (SSSR count). The van der Waals surface area contributed by atoms with Gasteiger partial charge in [0.1, 0.15) is 6.54 Å². The van der Waals surface area contributed by atoms with Crippen LogP contribution in [0.2, 0.25) is 0 Å². The molecule has 1 fully saturated rings. The first-order chi connectivity index (χ1) is 14.4. The van der Waals surface area contributed by atoms with Gasteiger partial charge in [0.25, 0.3) is 0 Å². The molecule has 1 aliphatic rings. The molecule has 0 unspecified atom stereocenters. The highest BCUT2D eigenvalue weighted by atomic mass is 16.2. The van der Waals surface area contributed by atoms with Gasteiger partial charge < -0.3 is 10.2 Å². The van der Waals surface area contributed by atoms with Crippen molar-refractivity contribution in [3.8, 4) is 0 Å². The van der Waals surface area contributed by atoms with Crippen LogP contribution in [0.5, 0.6) is 0 Å². The zero-order valence-electron chi connectivity index (χ0n) is 17.6. The van der Waals surface area contributed by atoms with E-state index < -0.39 is 0 Å². The Kier molecular flexibility index (Phi) is 5.40. The highest BCUT2D eigenvalue weighted by Gasteiger charge is 2.30. The Bertz CT molecular complexity index is 1090. The van der Waals surface area contributed by atoms with Gasteiger partial charge in [0, 0.05) is 29.9 Å². The minimum absolute atomic E-state index is 0.0229. The summed E-state index contributed by atoms with van der Waals surface area (Å²) in [6.07, 6.45) is 0. The predicted molar refractivity (Wildman–Crippen MR) is 120 cm³/mol. The van der Waals surface area contributed by atoms with E-state index in [0.29, 0.717) is 24.7 Å². The van der Waals surface area contributed by atoms with Gasteiger partial charge in [-0.05, 0) is 54.8 Å². The Hall–Kier alpha value is -3.41. The molecule has 0 radical (unpaired) electrons. The number of aromatic nitrogens is 1. The summed E-state index contributed by atoms with van der Waals surface area (Å²) in [5.41, 5.74) is 4.57. The van der Waals surface area contributed by atoms with Crippen molar-refractivity contribution >= 4 is 34.2 Å². The molecule has 0 spiro atoms. The molecule has 1 aromatic heterocycles. The van der Waals surface area contributed by atoms with Crippen LogP contribution in [0.1, 0.15) is 31.0 Å². The molecular formula is C24H26N4O2. The number of amides is 3. The van der Waals surface area contributed by atoms with Crippen molar-refractivity contribution in [1.29, 1.82) is 0 Å². The van der Waals surface area contributed by atoms with E-state index in [0.717, 1.165) is 22.3 Å². The van der Waals surface area contributed by atoms with Crippen molar-refractivity contribution < 1.29 is 9.59 Å². The van der Waals surface area contributed by atoms with Crippen molar-refractivity contribution in [2.75, 3.05) is 29.9 Å². The molecule has 0 saturated carbocycles. The van der Waals surface area contributed by atoms with Crippen LogP contribution in [0, 0.1) is 6.92 Å². The van der Waals surface area contributed by atoms with Gasteiger partial charge in [-0.15, -0.1) is 0 Å². The molecule has 6 heteroatoms. The summed E-state index contributed by atoms with van der Waals surface area (Å²) < 4.78 is 0. The molecule has 0 atom stereocenters. The number of hydrogen-bond acceptors (Lipinski definition) is 3. The first-order valence-corrected chi connectivity index (χ1v) is 10.2. The Morgan fingerprint density at radius 1 is 1.07 bits per heavy atom. The van der Waals surface area contributed by atoms with Crippen molar-refractivity contribution in [2.24, 2.45) is 0 Å². The summed E-state index contributed by atoms with van der Waals surface area (Å²) in [5, 5.41) is 3.82. The van der Waals surface area contributed by atoms with E-state index in [1.54, 1.807) is 9.80 Å². The van der Waals surface area contributed by atoms with Crippen LogP contribution in [0.25, 0.3) is 10.9 Å². The van der Waals surface area contributed by atoms with E-state index in [-0.39, 0.29) is 18.5 Å². The molecule has 154 valence electrons. The molecular weight excluding hydrogens is 376 g/mol. The molecule has 3 aromatic rings. The van der Waals surface area contributed by atoms with Gasteiger partial charge in [0.15, 0.2) is 0 Å². The number of urea groups is 1. The third-order valence-corrected chi connectivity index (χ3v) is 5.45. The quantitative estimate of drug-likeness (QED) is 0.681. The SMILES string of the molecule is Cc1ccc2c(NC(=O)CN3CCN(c4ccc(C(C)C)cc4)C3=O)cccc2n1. The summed E-state index contributed by atoms with van der Waals surface area (Å²) >= 11 is 0. The van der Waals surface area contributed by atoms with Crippen molar-refractivity contribution in [2.45, 2.75) is 26.7 Å². The summed E-state index contributed by atoms with van der Waals surface area (Å²) in [7, 11) is 0. The number of rotatable bonds is 5. The lowest BCUT2D eigenvalue weighted by atomic mass is 10.0. The molecule has 2 aromatic carbocycles. The van der Waals surface area contributed by atoms with E-state index in [9.17, 15) is 9.59 Å². The number of anilines is 2. The number of aryl methyl sites for hydroxylation is 1. The van der Waals surface area contributed by atoms with Gasteiger partial charge in [0.05, 0.1) is 11.2 Å². The fourth-order valence-corrected chi connectivity index (χ4v) is 3.74. The smallest absolute Gasteiger partial charge is 0.324 e. The van der Waals surface area contributed by atoms with Crippen molar-refractivity contribution in [3.05, 3.63) is 65.9 Å². The van der Waals surface area contributed by atoms with Crippen LogP contribution >= 0.6 is 0 Å². The van der Waals surface area contributed by atoms with E-state index in [2.05, 4.69) is 36.3 Å². The first-order valence-electron chi connectivity index (χ1n) is 10.2. The van der Waals surface area contributed by atoms with Gasteiger partial charge in [-0.25, -0.2) is 4.79 Å². The van der Waals surface area contributed by atoms with Crippen LogP contribution in [0.3, 0.4) is 0 Å². The highest BCUT2D eigenvalue weighted by Crippen LogP contribution is 2.25. The molecule has 0 aliphatic carbocycles. The summed E-state index contributed by atoms with van der Waals surface area (Å²) in [6.45, 7) is 7.34. The lowest BCUT2D eigenvalue weighted by Gasteiger charge is -2.19. The maximum Gasteiger partial charge on any atom is 0.325 e. The Balaban J connectivity index is 1.43. The number of carbonyl (C=O) groups is 2. The standard InChI is InChI=1S/C24H26N4O2/c1-16(2)18-8-10-19(11-9-18)28-14-13-27(24(28)30)15-23(29)26-22-6-4-5-21-20(22)12-7-17(3)25-21/h4-12,16H,13-15H2,1-3H3,(H,26,29). The minimum atomic E-state index is -0.214. The normalized spacial score (nSPS) is 14.1. The zero-order chi connectivity index (χ0) is 21.3. The van der Waals surface area contributed by atoms with Crippen LogP contribution in [-0.2, 0) is 4.79 Å². The van der Waals surface area contributed by atoms with Gasteiger partial charge in [-0.1, -0.05) is 32.0 Å².